The van der Waals surface area contributed by atoms with Gasteiger partial charge in [-0.3, -0.25) is 4.79 Å². The molecule has 0 aromatic rings. The standard InChI is InChI=1S/C7H10ClNO3/c1-5(3-8)6(9-4-10)7(11)12-2/h3-4,6H,1-2H3,(H,9,10)/b5-3+. The lowest BCUT2D eigenvalue weighted by Gasteiger charge is -2.12. The van der Waals surface area contributed by atoms with Gasteiger partial charge < -0.3 is 10.1 Å². The summed E-state index contributed by atoms with van der Waals surface area (Å²) in [6.07, 6.45) is 0.422. The van der Waals surface area contributed by atoms with Crippen LogP contribution in [0.2, 0.25) is 0 Å². The number of esters is 1. The van der Waals surface area contributed by atoms with Crippen molar-refractivity contribution in [1.82, 2.24) is 5.32 Å². The lowest BCUT2D eigenvalue weighted by atomic mass is 10.1. The number of ether oxygens (including phenoxy) is 1. The average molecular weight is 192 g/mol. The second-order valence-electron chi connectivity index (χ2n) is 2.09. The van der Waals surface area contributed by atoms with Gasteiger partial charge >= 0.3 is 5.97 Å². The summed E-state index contributed by atoms with van der Waals surface area (Å²) in [5.41, 5.74) is 1.74. The minimum absolute atomic E-state index is 0.422. The summed E-state index contributed by atoms with van der Waals surface area (Å²) in [5.74, 6) is -0.545. The maximum absolute atomic E-state index is 11.0. The zero-order valence-electron chi connectivity index (χ0n) is 6.83. The first-order chi connectivity index (χ1) is 5.67. The molecule has 0 heterocycles. The average Bonchev–Trinajstić information content (AvgIpc) is 2.11. The third-order valence-corrected chi connectivity index (χ3v) is 1.64. The van der Waals surface area contributed by atoms with E-state index < -0.39 is 12.0 Å². The van der Waals surface area contributed by atoms with Crippen LogP contribution in [0.4, 0.5) is 0 Å². The number of methoxy groups -OCH3 is 1. The van der Waals surface area contributed by atoms with Crippen molar-refractivity contribution in [1.29, 1.82) is 0 Å². The highest BCUT2D eigenvalue weighted by molar-refractivity contribution is 6.26. The molecule has 0 spiro atoms. The number of rotatable bonds is 4. The van der Waals surface area contributed by atoms with Crippen LogP contribution >= 0.6 is 11.6 Å². The van der Waals surface area contributed by atoms with Crippen LogP contribution in [0.15, 0.2) is 11.1 Å². The van der Waals surface area contributed by atoms with Crippen molar-refractivity contribution in [2.45, 2.75) is 13.0 Å². The fourth-order valence-corrected chi connectivity index (χ4v) is 0.760. The van der Waals surface area contributed by atoms with Crippen molar-refractivity contribution in [2.75, 3.05) is 7.11 Å². The van der Waals surface area contributed by atoms with E-state index in [1.165, 1.54) is 12.6 Å². The molecule has 0 aliphatic carbocycles. The second kappa shape index (κ2) is 5.60. The number of carbonyl (C=O) groups excluding carboxylic acids is 2. The van der Waals surface area contributed by atoms with E-state index in [1.54, 1.807) is 6.92 Å². The Kier molecular flexibility index (Phi) is 5.12. The van der Waals surface area contributed by atoms with Crippen LogP contribution in [0.5, 0.6) is 0 Å². The van der Waals surface area contributed by atoms with Gasteiger partial charge in [0.2, 0.25) is 6.41 Å². The molecule has 5 heteroatoms. The summed E-state index contributed by atoms with van der Waals surface area (Å²) >= 11 is 5.36. The van der Waals surface area contributed by atoms with Crippen LogP contribution in [0, 0.1) is 0 Å². The van der Waals surface area contributed by atoms with Gasteiger partial charge in [-0.1, -0.05) is 11.6 Å². The van der Waals surface area contributed by atoms with Gasteiger partial charge in [0.15, 0.2) is 0 Å². The Hall–Kier alpha value is -1.03. The zero-order chi connectivity index (χ0) is 9.56. The van der Waals surface area contributed by atoms with Crippen molar-refractivity contribution in [3.05, 3.63) is 11.1 Å². The summed E-state index contributed by atoms with van der Waals surface area (Å²) < 4.78 is 4.43. The second-order valence-corrected chi connectivity index (χ2v) is 2.31. The summed E-state index contributed by atoms with van der Waals surface area (Å²) in [4.78, 5) is 21.0. The summed E-state index contributed by atoms with van der Waals surface area (Å²) in [6.45, 7) is 1.62. The van der Waals surface area contributed by atoms with E-state index >= 15 is 0 Å². The highest BCUT2D eigenvalue weighted by Gasteiger charge is 2.19. The van der Waals surface area contributed by atoms with Crippen molar-refractivity contribution in [2.24, 2.45) is 0 Å². The molecule has 68 valence electrons. The van der Waals surface area contributed by atoms with Gasteiger partial charge in [-0.2, -0.15) is 0 Å². The van der Waals surface area contributed by atoms with E-state index in [-0.39, 0.29) is 0 Å². The van der Waals surface area contributed by atoms with Crippen LogP contribution in [0.3, 0.4) is 0 Å². The lowest BCUT2D eigenvalue weighted by Crippen LogP contribution is -2.37. The highest BCUT2D eigenvalue weighted by Crippen LogP contribution is 2.03. The van der Waals surface area contributed by atoms with Crippen molar-refractivity contribution in [3.8, 4) is 0 Å². The molecule has 0 fully saturated rings. The van der Waals surface area contributed by atoms with Crippen molar-refractivity contribution < 1.29 is 14.3 Å². The summed E-state index contributed by atoms with van der Waals surface area (Å²) in [6, 6.07) is -0.787. The van der Waals surface area contributed by atoms with Gasteiger partial charge in [0, 0.05) is 5.54 Å². The summed E-state index contributed by atoms with van der Waals surface area (Å²) in [7, 11) is 1.24. The van der Waals surface area contributed by atoms with E-state index in [0.29, 0.717) is 12.0 Å². The van der Waals surface area contributed by atoms with Crippen LogP contribution in [0.25, 0.3) is 0 Å². The van der Waals surface area contributed by atoms with E-state index in [0.717, 1.165) is 0 Å². The Labute approximate surface area is 75.5 Å². The number of nitrogens with one attached hydrogen (secondary N) is 1. The van der Waals surface area contributed by atoms with Crippen LogP contribution in [-0.2, 0) is 14.3 Å². The quantitative estimate of drug-likeness (QED) is 0.518. The number of amides is 1. The molecule has 1 N–H and O–H groups in total. The van der Waals surface area contributed by atoms with Gasteiger partial charge in [-0.05, 0) is 12.5 Å². The molecule has 1 atom stereocenters. The normalized spacial score (nSPS) is 13.4. The van der Waals surface area contributed by atoms with Gasteiger partial charge in [0.1, 0.15) is 6.04 Å². The van der Waals surface area contributed by atoms with Gasteiger partial charge in [-0.15, -0.1) is 0 Å². The Morgan fingerprint density at radius 1 is 1.67 bits per heavy atom. The third kappa shape index (κ3) is 2.92. The Morgan fingerprint density at radius 3 is 2.58 bits per heavy atom. The molecule has 0 aromatic heterocycles. The van der Waals surface area contributed by atoms with Crippen LogP contribution in [0.1, 0.15) is 6.92 Å². The van der Waals surface area contributed by atoms with Crippen LogP contribution in [-0.4, -0.2) is 25.5 Å². The summed E-state index contributed by atoms with van der Waals surface area (Å²) in [5, 5.41) is 2.28. The molecule has 0 aliphatic rings. The van der Waals surface area contributed by atoms with Crippen molar-refractivity contribution in [3.63, 3.8) is 0 Å². The maximum Gasteiger partial charge on any atom is 0.332 e. The monoisotopic (exact) mass is 191 g/mol. The molecular formula is C7H10ClNO3. The Bertz CT molecular complexity index is 203. The van der Waals surface area contributed by atoms with E-state index in [9.17, 15) is 9.59 Å². The van der Waals surface area contributed by atoms with Crippen molar-refractivity contribution >= 4 is 24.0 Å². The molecule has 0 rings (SSSR count). The molecule has 4 nitrogen and oxygen atoms in total. The molecule has 12 heavy (non-hydrogen) atoms. The first-order valence-corrected chi connectivity index (χ1v) is 3.65. The van der Waals surface area contributed by atoms with Gasteiger partial charge in [-0.25, -0.2) is 4.79 Å². The van der Waals surface area contributed by atoms with Gasteiger partial charge in [0.05, 0.1) is 7.11 Å². The highest BCUT2D eigenvalue weighted by atomic mass is 35.5. The number of halogens is 1. The molecule has 1 amide bonds. The Balaban J connectivity index is 4.42. The number of hydrogen-bond acceptors (Lipinski definition) is 3. The van der Waals surface area contributed by atoms with Crippen LogP contribution < -0.4 is 5.32 Å². The molecule has 0 saturated carbocycles. The molecule has 0 aliphatic heterocycles. The van der Waals surface area contributed by atoms with E-state index in [4.69, 9.17) is 11.6 Å². The SMILES string of the molecule is COC(=O)C(NC=O)/C(C)=C/Cl. The fraction of sp³-hybridized carbons (Fsp3) is 0.429. The topological polar surface area (TPSA) is 55.4 Å². The largest absolute Gasteiger partial charge is 0.467 e. The number of hydrogen-bond donors (Lipinski definition) is 1. The Morgan fingerprint density at radius 2 is 2.25 bits per heavy atom. The molecule has 0 radical (unpaired) electrons. The molecular weight excluding hydrogens is 182 g/mol. The predicted molar refractivity (Wildman–Crippen MR) is 44.6 cm³/mol. The zero-order valence-corrected chi connectivity index (χ0v) is 7.59. The molecule has 1 unspecified atom stereocenters. The predicted octanol–water partition coefficient (Wildman–Crippen LogP) is 0.417. The third-order valence-electron chi connectivity index (χ3n) is 1.30. The fourth-order valence-electron chi connectivity index (χ4n) is 0.634. The molecule has 0 aromatic carbocycles. The molecule has 0 saturated heterocycles. The minimum Gasteiger partial charge on any atom is -0.467 e. The number of carbonyl (C=O) groups is 2. The lowest BCUT2D eigenvalue weighted by molar-refractivity contribution is -0.142. The maximum atomic E-state index is 11.0. The minimum atomic E-state index is -0.787. The first kappa shape index (κ1) is 11.0. The smallest absolute Gasteiger partial charge is 0.332 e. The first-order valence-electron chi connectivity index (χ1n) is 3.21. The van der Waals surface area contributed by atoms with Gasteiger partial charge in [0.25, 0.3) is 0 Å². The molecule has 0 bridgehead atoms. The van der Waals surface area contributed by atoms with E-state index in [1.807, 2.05) is 0 Å². The van der Waals surface area contributed by atoms with E-state index in [2.05, 4.69) is 10.1 Å².